The second kappa shape index (κ2) is 5.85. The van der Waals surface area contributed by atoms with E-state index >= 15 is 0 Å². The van der Waals surface area contributed by atoms with Crippen molar-refractivity contribution in [2.75, 3.05) is 25.9 Å². The molecule has 0 aromatic rings. The van der Waals surface area contributed by atoms with Crippen molar-refractivity contribution in [2.24, 2.45) is 11.8 Å². The van der Waals surface area contributed by atoms with Crippen LogP contribution in [0.2, 0.25) is 0 Å². The van der Waals surface area contributed by atoms with E-state index in [9.17, 15) is 13.2 Å². The van der Waals surface area contributed by atoms with E-state index in [-0.39, 0.29) is 5.92 Å². The van der Waals surface area contributed by atoms with E-state index in [1.807, 2.05) is 13.8 Å². The van der Waals surface area contributed by atoms with Gasteiger partial charge in [-0.1, -0.05) is 13.8 Å². The molecule has 0 fully saturated rings. The van der Waals surface area contributed by atoms with Gasteiger partial charge in [-0.05, 0) is 24.6 Å². The summed E-state index contributed by atoms with van der Waals surface area (Å²) in [7, 11) is 1.49. The molecule has 0 aromatic heterocycles. The molecule has 0 spiro atoms. The third-order valence-corrected chi connectivity index (χ3v) is 2.64. The molecule has 0 aliphatic carbocycles. The van der Waals surface area contributed by atoms with Crippen LogP contribution < -0.4 is 0 Å². The van der Waals surface area contributed by atoms with Crippen LogP contribution in [0.15, 0.2) is 0 Å². The fourth-order valence-electron chi connectivity index (χ4n) is 1.25. The van der Waals surface area contributed by atoms with Crippen molar-refractivity contribution in [3.8, 4) is 0 Å². The molecule has 14 heavy (non-hydrogen) atoms. The Morgan fingerprint density at radius 2 is 1.79 bits per heavy atom. The molecular weight excluding hydrogens is 211 g/mol. The molecule has 1 unspecified atom stereocenters. The van der Waals surface area contributed by atoms with Gasteiger partial charge >= 0.3 is 6.18 Å². The van der Waals surface area contributed by atoms with Gasteiger partial charge in [0.2, 0.25) is 0 Å². The Hall–Kier alpha value is 0.100. The van der Waals surface area contributed by atoms with Gasteiger partial charge in [0.1, 0.15) is 0 Å². The maximum absolute atomic E-state index is 12.0. The second-order valence-corrected chi connectivity index (χ2v) is 4.36. The van der Waals surface area contributed by atoms with Crippen LogP contribution in [0.4, 0.5) is 13.2 Å². The number of hydrogen-bond acceptors (Lipinski definition) is 2. The highest BCUT2D eigenvalue weighted by molar-refractivity contribution is 7.80. The lowest BCUT2D eigenvalue weighted by Crippen LogP contribution is -2.36. The quantitative estimate of drug-likeness (QED) is 0.709. The molecule has 0 amide bonds. The Labute approximate surface area is 89.1 Å². The third kappa shape index (κ3) is 6.54. The Kier molecular flexibility index (Phi) is 5.90. The summed E-state index contributed by atoms with van der Waals surface area (Å²) in [5.41, 5.74) is 0. The van der Waals surface area contributed by atoms with Crippen LogP contribution in [0.25, 0.3) is 0 Å². The lowest BCUT2D eigenvalue weighted by Gasteiger charge is -2.26. The van der Waals surface area contributed by atoms with Crippen molar-refractivity contribution in [3.05, 3.63) is 0 Å². The van der Waals surface area contributed by atoms with Crippen molar-refractivity contribution < 1.29 is 13.2 Å². The normalized spacial score (nSPS) is 15.2. The average Bonchev–Trinajstić information content (AvgIpc) is 1.96. The van der Waals surface area contributed by atoms with E-state index in [1.165, 1.54) is 11.9 Å². The van der Waals surface area contributed by atoms with E-state index in [2.05, 4.69) is 12.6 Å². The van der Waals surface area contributed by atoms with E-state index in [1.54, 1.807) is 0 Å². The first-order valence-electron chi connectivity index (χ1n) is 4.62. The van der Waals surface area contributed by atoms with E-state index in [4.69, 9.17) is 0 Å². The predicted molar refractivity (Wildman–Crippen MR) is 55.7 cm³/mol. The Morgan fingerprint density at radius 3 is 2.07 bits per heavy atom. The van der Waals surface area contributed by atoms with Gasteiger partial charge in [0.25, 0.3) is 0 Å². The van der Waals surface area contributed by atoms with Crippen molar-refractivity contribution in [2.45, 2.75) is 20.0 Å². The SMILES string of the molecule is CC(C)C(CS)CN(C)CC(F)(F)F. The van der Waals surface area contributed by atoms with Gasteiger partial charge in [0, 0.05) is 6.54 Å². The molecule has 0 bridgehead atoms. The number of thiol groups is 1. The molecule has 0 aliphatic heterocycles. The fraction of sp³-hybridized carbons (Fsp3) is 1.00. The summed E-state index contributed by atoms with van der Waals surface area (Å²) in [6.07, 6.45) is -4.10. The Bertz CT molecular complexity index is 159. The third-order valence-electron chi connectivity index (χ3n) is 2.17. The van der Waals surface area contributed by atoms with Crippen molar-refractivity contribution in [1.82, 2.24) is 4.90 Å². The van der Waals surface area contributed by atoms with Crippen LogP contribution in [0.3, 0.4) is 0 Å². The molecule has 0 N–H and O–H groups in total. The molecule has 86 valence electrons. The summed E-state index contributed by atoms with van der Waals surface area (Å²) in [5, 5.41) is 0. The molecule has 1 nitrogen and oxygen atoms in total. The first kappa shape index (κ1) is 14.1. The van der Waals surface area contributed by atoms with Gasteiger partial charge in [0.05, 0.1) is 6.54 Å². The van der Waals surface area contributed by atoms with Crippen molar-refractivity contribution in [3.63, 3.8) is 0 Å². The van der Waals surface area contributed by atoms with Gasteiger partial charge in [-0.25, -0.2) is 0 Å². The number of nitrogens with zero attached hydrogens (tertiary/aromatic N) is 1. The minimum absolute atomic E-state index is 0.214. The van der Waals surface area contributed by atoms with Gasteiger partial charge in [-0.2, -0.15) is 25.8 Å². The number of alkyl halides is 3. The summed E-state index contributed by atoms with van der Waals surface area (Å²) in [5.74, 6) is 1.20. The first-order valence-corrected chi connectivity index (χ1v) is 5.25. The zero-order chi connectivity index (χ0) is 11.4. The number of rotatable bonds is 5. The van der Waals surface area contributed by atoms with Gasteiger partial charge < -0.3 is 0 Å². The highest BCUT2D eigenvalue weighted by atomic mass is 32.1. The monoisotopic (exact) mass is 229 g/mol. The van der Waals surface area contributed by atoms with Crippen LogP contribution in [-0.4, -0.2) is 37.0 Å². The van der Waals surface area contributed by atoms with Crippen LogP contribution >= 0.6 is 12.6 Å². The number of halogens is 3. The largest absolute Gasteiger partial charge is 0.401 e. The molecule has 0 rings (SSSR count). The lowest BCUT2D eigenvalue weighted by atomic mass is 9.97. The van der Waals surface area contributed by atoms with Crippen LogP contribution in [-0.2, 0) is 0 Å². The van der Waals surface area contributed by atoms with E-state index in [0.717, 1.165) is 0 Å². The molecule has 1 atom stereocenters. The molecule has 0 radical (unpaired) electrons. The van der Waals surface area contributed by atoms with Gasteiger partial charge in [-0.3, -0.25) is 4.90 Å². The molecule has 0 aromatic carbocycles. The standard InChI is InChI=1S/C9H18F3NS/c1-7(2)8(5-14)4-13(3)6-9(10,11)12/h7-8,14H,4-6H2,1-3H3. The lowest BCUT2D eigenvalue weighted by molar-refractivity contribution is -0.144. The summed E-state index contributed by atoms with van der Waals surface area (Å²) in [6.45, 7) is 3.61. The molecule has 0 saturated carbocycles. The maximum Gasteiger partial charge on any atom is 0.401 e. The van der Waals surface area contributed by atoms with E-state index in [0.29, 0.717) is 18.2 Å². The topological polar surface area (TPSA) is 3.24 Å². The second-order valence-electron chi connectivity index (χ2n) is 4.00. The highest BCUT2D eigenvalue weighted by Crippen LogP contribution is 2.18. The Balaban J connectivity index is 3.97. The molecule has 0 saturated heterocycles. The van der Waals surface area contributed by atoms with Crippen molar-refractivity contribution in [1.29, 1.82) is 0 Å². The predicted octanol–water partition coefficient (Wildman–Crippen LogP) is 2.68. The van der Waals surface area contributed by atoms with E-state index < -0.39 is 12.7 Å². The highest BCUT2D eigenvalue weighted by Gasteiger charge is 2.30. The maximum atomic E-state index is 12.0. The molecule has 0 aliphatic rings. The van der Waals surface area contributed by atoms with Gasteiger partial charge in [-0.15, -0.1) is 0 Å². The van der Waals surface area contributed by atoms with Crippen LogP contribution in [0, 0.1) is 11.8 Å². The van der Waals surface area contributed by atoms with Gasteiger partial charge in [0.15, 0.2) is 0 Å². The minimum atomic E-state index is -4.10. The Morgan fingerprint density at radius 1 is 1.29 bits per heavy atom. The fourth-order valence-corrected chi connectivity index (χ4v) is 1.79. The molecule has 5 heteroatoms. The minimum Gasteiger partial charge on any atom is -0.298 e. The molecule has 0 heterocycles. The number of hydrogen-bond donors (Lipinski definition) is 1. The zero-order valence-corrected chi connectivity index (χ0v) is 9.70. The van der Waals surface area contributed by atoms with Crippen LogP contribution in [0.1, 0.15) is 13.8 Å². The summed E-state index contributed by atoms with van der Waals surface area (Å²) >= 11 is 4.13. The van der Waals surface area contributed by atoms with Crippen molar-refractivity contribution >= 4 is 12.6 Å². The smallest absolute Gasteiger partial charge is 0.298 e. The summed E-state index contributed by atoms with van der Waals surface area (Å²) < 4.78 is 36.0. The zero-order valence-electron chi connectivity index (χ0n) is 8.80. The van der Waals surface area contributed by atoms with Crippen LogP contribution in [0.5, 0.6) is 0 Å². The summed E-state index contributed by atoms with van der Waals surface area (Å²) in [6, 6.07) is 0. The summed E-state index contributed by atoms with van der Waals surface area (Å²) in [4.78, 5) is 1.31. The first-order chi connectivity index (χ1) is 6.26. The molecular formula is C9H18F3NS. The average molecular weight is 229 g/mol.